The van der Waals surface area contributed by atoms with Crippen LogP contribution in [0.5, 0.6) is 0 Å². The number of anilines is 2. The Hall–Kier alpha value is -2.45. The highest BCUT2D eigenvalue weighted by Gasteiger charge is 2.12. The van der Waals surface area contributed by atoms with Crippen molar-refractivity contribution in [1.29, 1.82) is 0 Å². The molecule has 15 heavy (non-hydrogen) atoms. The summed E-state index contributed by atoms with van der Waals surface area (Å²) in [6.45, 7) is 0. The number of nitrogens with zero attached hydrogens (tertiary/aromatic N) is 5. The van der Waals surface area contributed by atoms with Crippen molar-refractivity contribution in [2.24, 2.45) is 7.05 Å². The summed E-state index contributed by atoms with van der Waals surface area (Å²) < 4.78 is 1.41. The van der Waals surface area contributed by atoms with Crippen LogP contribution in [-0.2, 0) is 7.05 Å². The fourth-order valence-electron chi connectivity index (χ4n) is 0.946. The monoisotopic (exact) mass is 208 g/mol. The third-order valence-electron chi connectivity index (χ3n) is 1.65. The fourth-order valence-corrected chi connectivity index (χ4v) is 0.946. The third kappa shape index (κ3) is 1.75. The summed E-state index contributed by atoms with van der Waals surface area (Å²) in [5.74, 6) is -0.126. The van der Waals surface area contributed by atoms with E-state index < -0.39 is 5.91 Å². The van der Waals surface area contributed by atoms with E-state index in [1.54, 1.807) is 7.05 Å². The zero-order chi connectivity index (χ0) is 10.8. The second-order valence-electron chi connectivity index (χ2n) is 2.70. The second kappa shape index (κ2) is 3.36. The van der Waals surface area contributed by atoms with Crippen molar-refractivity contribution in [1.82, 2.24) is 29.9 Å². The predicted octanol–water partition coefficient (Wildman–Crippen LogP) is -1.23. The second-order valence-corrected chi connectivity index (χ2v) is 2.70. The van der Waals surface area contributed by atoms with Crippen molar-refractivity contribution < 1.29 is 4.79 Å². The molecule has 2 aromatic rings. The van der Waals surface area contributed by atoms with Gasteiger partial charge in [-0.1, -0.05) is 0 Å². The summed E-state index contributed by atoms with van der Waals surface area (Å²) in [4.78, 5) is 19.0. The Bertz CT molecular complexity index is 485. The lowest BCUT2D eigenvalue weighted by molar-refractivity contribution is 0.101. The molecule has 9 heteroatoms. The molecule has 0 aliphatic carbocycles. The van der Waals surface area contributed by atoms with Crippen LogP contribution in [0.25, 0.3) is 0 Å². The molecule has 78 valence electrons. The highest BCUT2D eigenvalue weighted by Crippen LogP contribution is 2.01. The van der Waals surface area contributed by atoms with Crippen LogP contribution in [0.3, 0.4) is 0 Å². The van der Waals surface area contributed by atoms with Crippen LogP contribution in [0.2, 0.25) is 0 Å². The summed E-state index contributed by atoms with van der Waals surface area (Å²) in [5.41, 5.74) is 5.25. The van der Waals surface area contributed by atoms with Crippen molar-refractivity contribution in [2.75, 3.05) is 11.1 Å². The standard InChI is InChI=1S/C6H8N8O/c1-14-6(8-2-9-14)11-4(15)3-10-5(7)13-12-3/h2H,1H3,(H3,7,10,12,13)(H,8,9,11,15). The van der Waals surface area contributed by atoms with Crippen LogP contribution in [-0.4, -0.2) is 35.9 Å². The molecule has 0 aliphatic heterocycles. The molecule has 2 heterocycles. The summed E-state index contributed by atoms with van der Waals surface area (Å²) >= 11 is 0. The average Bonchev–Trinajstić information content (AvgIpc) is 2.77. The molecule has 0 bridgehead atoms. The molecule has 0 aliphatic rings. The first-order valence-electron chi connectivity index (χ1n) is 4.00. The Morgan fingerprint density at radius 3 is 3.00 bits per heavy atom. The van der Waals surface area contributed by atoms with Gasteiger partial charge < -0.3 is 5.73 Å². The van der Waals surface area contributed by atoms with Gasteiger partial charge in [-0.05, 0) is 0 Å². The first kappa shape index (κ1) is 9.12. The molecule has 9 nitrogen and oxygen atoms in total. The maximum atomic E-state index is 11.5. The molecular formula is C6H8N8O. The van der Waals surface area contributed by atoms with Gasteiger partial charge in [-0.3, -0.25) is 15.2 Å². The summed E-state index contributed by atoms with van der Waals surface area (Å²) in [6.07, 6.45) is 1.32. The lowest BCUT2D eigenvalue weighted by Crippen LogP contribution is -2.16. The highest BCUT2D eigenvalue weighted by atomic mass is 16.2. The zero-order valence-corrected chi connectivity index (χ0v) is 7.80. The first-order valence-corrected chi connectivity index (χ1v) is 4.00. The van der Waals surface area contributed by atoms with Crippen molar-refractivity contribution >= 4 is 17.8 Å². The van der Waals surface area contributed by atoms with Crippen LogP contribution in [0, 0.1) is 0 Å². The van der Waals surface area contributed by atoms with Gasteiger partial charge in [0.15, 0.2) is 0 Å². The van der Waals surface area contributed by atoms with Crippen LogP contribution in [0.1, 0.15) is 10.6 Å². The number of carbonyl (C=O) groups is 1. The number of aromatic amines is 1. The molecule has 0 unspecified atom stereocenters. The van der Waals surface area contributed by atoms with Crippen LogP contribution in [0.4, 0.5) is 11.9 Å². The van der Waals surface area contributed by atoms with Crippen molar-refractivity contribution in [3.63, 3.8) is 0 Å². The number of H-pyrrole nitrogens is 1. The van der Waals surface area contributed by atoms with E-state index in [0.717, 1.165) is 0 Å². The van der Waals surface area contributed by atoms with Gasteiger partial charge in [0.1, 0.15) is 6.33 Å². The van der Waals surface area contributed by atoms with E-state index in [0.29, 0.717) is 5.95 Å². The molecule has 4 N–H and O–H groups in total. The van der Waals surface area contributed by atoms with E-state index in [1.807, 2.05) is 0 Å². The van der Waals surface area contributed by atoms with Gasteiger partial charge in [0.05, 0.1) is 0 Å². The van der Waals surface area contributed by atoms with Gasteiger partial charge in [-0.25, -0.2) is 4.68 Å². The number of rotatable bonds is 2. The Labute approximate surface area is 83.7 Å². The summed E-state index contributed by atoms with van der Waals surface area (Å²) in [5, 5.41) is 12.2. The number of hydrogen-bond acceptors (Lipinski definition) is 6. The molecule has 0 spiro atoms. The third-order valence-corrected chi connectivity index (χ3v) is 1.65. The molecule has 1 amide bonds. The number of amides is 1. The van der Waals surface area contributed by atoms with E-state index in [9.17, 15) is 4.79 Å². The Balaban J connectivity index is 2.14. The van der Waals surface area contributed by atoms with Gasteiger partial charge in [0, 0.05) is 7.05 Å². The van der Waals surface area contributed by atoms with E-state index in [2.05, 4.69) is 30.6 Å². The molecule has 0 saturated carbocycles. The SMILES string of the molecule is Cn1ncnc1NC(=O)c1nc(N)n[nH]1. The number of nitrogen functional groups attached to an aromatic ring is 1. The number of carbonyl (C=O) groups excluding carboxylic acids is 1. The van der Waals surface area contributed by atoms with Crippen LogP contribution < -0.4 is 11.1 Å². The lowest BCUT2D eigenvalue weighted by Gasteiger charge is -1.99. The minimum absolute atomic E-state index is 0.0121. The van der Waals surface area contributed by atoms with Crippen LogP contribution in [0.15, 0.2) is 6.33 Å². The van der Waals surface area contributed by atoms with E-state index >= 15 is 0 Å². The van der Waals surface area contributed by atoms with E-state index in [1.165, 1.54) is 11.0 Å². The quantitative estimate of drug-likeness (QED) is 0.566. The molecule has 2 rings (SSSR count). The number of nitrogens with one attached hydrogen (secondary N) is 2. The molecular weight excluding hydrogens is 200 g/mol. The van der Waals surface area contributed by atoms with Gasteiger partial charge in [0.25, 0.3) is 5.91 Å². The topological polar surface area (TPSA) is 127 Å². The van der Waals surface area contributed by atoms with Gasteiger partial charge >= 0.3 is 0 Å². The van der Waals surface area contributed by atoms with Crippen molar-refractivity contribution in [3.05, 3.63) is 12.2 Å². The molecule has 2 aromatic heterocycles. The molecule has 0 radical (unpaired) electrons. The Kier molecular flexibility index (Phi) is 2.04. The normalized spacial score (nSPS) is 10.2. The smallest absolute Gasteiger partial charge is 0.295 e. The van der Waals surface area contributed by atoms with E-state index in [-0.39, 0.29) is 11.8 Å². The van der Waals surface area contributed by atoms with Gasteiger partial charge in [-0.15, -0.1) is 5.10 Å². The molecule has 0 atom stereocenters. The number of nitrogens with two attached hydrogens (primary N) is 1. The molecule has 0 fully saturated rings. The maximum absolute atomic E-state index is 11.5. The largest absolute Gasteiger partial charge is 0.366 e. The first-order chi connectivity index (χ1) is 7.16. The minimum atomic E-state index is -0.477. The Morgan fingerprint density at radius 1 is 1.67 bits per heavy atom. The Morgan fingerprint density at radius 2 is 2.47 bits per heavy atom. The minimum Gasteiger partial charge on any atom is -0.366 e. The van der Waals surface area contributed by atoms with Gasteiger partial charge in [0.2, 0.25) is 17.7 Å². The predicted molar refractivity (Wildman–Crippen MR) is 49.8 cm³/mol. The number of aromatic nitrogens is 6. The van der Waals surface area contributed by atoms with Gasteiger partial charge in [-0.2, -0.15) is 15.1 Å². The fraction of sp³-hybridized carbons (Fsp3) is 0.167. The molecule has 0 saturated heterocycles. The molecule has 0 aromatic carbocycles. The van der Waals surface area contributed by atoms with Crippen molar-refractivity contribution in [2.45, 2.75) is 0 Å². The van der Waals surface area contributed by atoms with Crippen molar-refractivity contribution in [3.8, 4) is 0 Å². The summed E-state index contributed by atoms with van der Waals surface area (Å²) in [6, 6.07) is 0. The average molecular weight is 208 g/mol. The number of hydrogen-bond donors (Lipinski definition) is 3. The van der Waals surface area contributed by atoms with E-state index in [4.69, 9.17) is 5.73 Å². The van der Waals surface area contributed by atoms with Crippen LogP contribution >= 0.6 is 0 Å². The maximum Gasteiger partial charge on any atom is 0.295 e. The number of aryl methyl sites for hydroxylation is 1. The zero-order valence-electron chi connectivity index (χ0n) is 7.80. The lowest BCUT2D eigenvalue weighted by atomic mass is 10.5. The highest BCUT2D eigenvalue weighted by molar-refractivity contribution is 6.00. The summed E-state index contributed by atoms with van der Waals surface area (Å²) in [7, 11) is 1.65.